The Bertz CT molecular complexity index is 822. The highest BCUT2D eigenvalue weighted by Gasteiger charge is 2.18. The summed E-state index contributed by atoms with van der Waals surface area (Å²) in [6.45, 7) is 2.28. The molecule has 122 valence electrons. The zero-order valence-electron chi connectivity index (χ0n) is 12.0. The zero-order valence-corrected chi connectivity index (χ0v) is 13.6. The first-order valence-electron chi connectivity index (χ1n) is 6.53. The normalized spacial score (nSPS) is 11.0. The molecule has 2 aromatic carbocycles. The molecule has 0 aromatic heterocycles. The molecule has 0 fully saturated rings. The van der Waals surface area contributed by atoms with Crippen molar-refractivity contribution in [3.05, 3.63) is 57.6 Å². The molecule has 0 unspecified atom stereocenters. The van der Waals surface area contributed by atoms with Crippen molar-refractivity contribution in [3.8, 4) is 5.75 Å². The van der Waals surface area contributed by atoms with Crippen LogP contribution in [0.4, 0.5) is 11.4 Å². The zero-order chi connectivity index (χ0) is 17.0. The number of hydrogen-bond donors (Lipinski definition) is 1. The lowest BCUT2D eigenvalue weighted by molar-refractivity contribution is -0.384. The Morgan fingerprint density at radius 3 is 2.43 bits per heavy atom. The third kappa shape index (κ3) is 4.11. The van der Waals surface area contributed by atoms with Crippen LogP contribution in [-0.4, -0.2) is 19.9 Å². The van der Waals surface area contributed by atoms with Crippen molar-refractivity contribution in [2.75, 3.05) is 11.3 Å². The fourth-order valence-electron chi connectivity index (χ4n) is 1.79. The van der Waals surface area contributed by atoms with E-state index < -0.39 is 14.9 Å². The lowest BCUT2D eigenvalue weighted by Gasteiger charge is -2.10. The predicted octanol–water partition coefficient (Wildman–Crippen LogP) is 3.45. The number of rotatable bonds is 6. The van der Waals surface area contributed by atoms with Crippen LogP contribution in [0, 0.1) is 10.1 Å². The van der Waals surface area contributed by atoms with Gasteiger partial charge in [-0.2, -0.15) is 0 Å². The monoisotopic (exact) mass is 356 g/mol. The second kappa shape index (κ2) is 6.84. The topological polar surface area (TPSA) is 98.5 Å². The first-order valence-corrected chi connectivity index (χ1v) is 8.39. The smallest absolute Gasteiger partial charge is 0.271 e. The van der Waals surface area contributed by atoms with Crippen LogP contribution < -0.4 is 9.46 Å². The number of nitro benzene ring substituents is 1. The third-order valence-electron chi connectivity index (χ3n) is 2.85. The summed E-state index contributed by atoms with van der Waals surface area (Å²) < 4.78 is 32.1. The minimum atomic E-state index is -3.92. The first-order chi connectivity index (χ1) is 10.8. The number of non-ortho nitro benzene ring substituents is 1. The molecule has 9 heteroatoms. The van der Waals surface area contributed by atoms with E-state index in [0.29, 0.717) is 12.4 Å². The molecule has 1 N–H and O–H groups in total. The van der Waals surface area contributed by atoms with Gasteiger partial charge in [-0.1, -0.05) is 11.6 Å². The molecule has 0 heterocycles. The van der Waals surface area contributed by atoms with Crippen LogP contribution in [-0.2, 0) is 10.0 Å². The minimum absolute atomic E-state index is 0.0106. The number of nitro groups is 1. The molecule has 0 amide bonds. The van der Waals surface area contributed by atoms with E-state index in [1.165, 1.54) is 36.4 Å². The Kier molecular flexibility index (Phi) is 5.07. The van der Waals surface area contributed by atoms with Gasteiger partial charge in [-0.05, 0) is 37.3 Å². The van der Waals surface area contributed by atoms with Crippen molar-refractivity contribution in [2.45, 2.75) is 11.8 Å². The van der Waals surface area contributed by atoms with Crippen LogP contribution >= 0.6 is 11.6 Å². The summed E-state index contributed by atoms with van der Waals surface area (Å²) in [5.74, 6) is 0.542. The molecule has 0 aliphatic rings. The maximum Gasteiger partial charge on any atom is 0.271 e. The van der Waals surface area contributed by atoms with Gasteiger partial charge in [0.05, 0.1) is 27.1 Å². The van der Waals surface area contributed by atoms with Crippen molar-refractivity contribution >= 4 is 33.0 Å². The Morgan fingerprint density at radius 2 is 1.87 bits per heavy atom. The predicted molar refractivity (Wildman–Crippen MR) is 86.5 cm³/mol. The van der Waals surface area contributed by atoms with Gasteiger partial charge in [-0.25, -0.2) is 8.42 Å². The van der Waals surface area contributed by atoms with E-state index in [-0.39, 0.29) is 21.3 Å². The number of anilines is 1. The molecule has 0 saturated carbocycles. The van der Waals surface area contributed by atoms with E-state index >= 15 is 0 Å². The van der Waals surface area contributed by atoms with Gasteiger partial charge in [-0.3, -0.25) is 14.8 Å². The van der Waals surface area contributed by atoms with Gasteiger partial charge in [0.1, 0.15) is 5.75 Å². The molecule has 0 spiro atoms. The molecule has 2 aromatic rings. The van der Waals surface area contributed by atoms with E-state index in [0.717, 1.165) is 6.07 Å². The van der Waals surface area contributed by atoms with Gasteiger partial charge in [0.2, 0.25) is 0 Å². The standard InChI is InChI=1S/C14H13ClN2O5S/c1-2-22-11-4-6-12(7-5-11)23(20,21)16-14-9-10(17(18)19)3-8-13(14)15/h3-9,16H,2H2,1H3. The van der Waals surface area contributed by atoms with Crippen molar-refractivity contribution in [1.82, 2.24) is 0 Å². The Morgan fingerprint density at radius 1 is 1.22 bits per heavy atom. The maximum absolute atomic E-state index is 12.3. The molecule has 0 aliphatic heterocycles. The summed E-state index contributed by atoms with van der Waals surface area (Å²) >= 11 is 5.89. The Balaban J connectivity index is 2.30. The SMILES string of the molecule is CCOc1ccc(S(=O)(=O)Nc2cc([N+](=O)[O-])ccc2Cl)cc1. The number of nitrogens with one attached hydrogen (secondary N) is 1. The number of hydrogen-bond acceptors (Lipinski definition) is 5. The van der Waals surface area contributed by atoms with E-state index in [2.05, 4.69) is 4.72 Å². The average Bonchev–Trinajstić information content (AvgIpc) is 2.50. The van der Waals surface area contributed by atoms with Crippen LogP contribution in [0.5, 0.6) is 5.75 Å². The second-order valence-corrected chi connectivity index (χ2v) is 6.52. The second-order valence-electron chi connectivity index (χ2n) is 4.43. The number of benzene rings is 2. The van der Waals surface area contributed by atoms with Gasteiger partial charge >= 0.3 is 0 Å². The number of sulfonamides is 1. The lowest BCUT2D eigenvalue weighted by atomic mass is 10.3. The van der Waals surface area contributed by atoms with Gasteiger partial charge in [-0.15, -0.1) is 0 Å². The van der Waals surface area contributed by atoms with Gasteiger partial charge < -0.3 is 4.74 Å². The van der Waals surface area contributed by atoms with Crippen molar-refractivity contribution in [2.24, 2.45) is 0 Å². The van der Waals surface area contributed by atoms with Crippen LogP contribution in [0.3, 0.4) is 0 Å². The quantitative estimate of drug-likeness (QED) is 0.631. The van der Waals surface area contributed by atoms with E-state index in [1.807, 2.05) is 6.92 Å². The molecule has 0 aliphatic carbocycles. The molecule has 7 nitrogen and oxygen atoms in total. The van der Waals surface area contributed by atoms with Gasteiger partial charge in [0.25, 0.3) is 15.7 Å². The van der Waals surface area contributed by atoms with Crippen LogP contribution in [0.1, 0.15) is 6.92 Å². The van der Waals surface area contributed by atoms with Crippen molar-refractivity contribution in [1.29, 1.82) is 0 Å². The lowest BCUT2D eigenvalue weighted by Crippen LogP contribution is -2.13. The van der Waals surface area contributed by atoms with Crippen molar-refractivity contribution < 1.29 is 18.1 Å². The summed E-state index contributed by atoms with van der Waals surface area (Å²) in [6, 6.07) is 9.30. The highest BCUT2D eigenvalue weighted by molar-refractivity contribution is 7.92. The average molecular weight is 357 g/mol. The fourth-order valence-corrected chi connectivity index (χ4v) is 3.08. The van der Waals surface area contributed by atoms with Crippen molar-refractivity contribution in [3.63, 3.8) is 0 Å². The molecular formula is C14H13ClN2O5S. The summed E-state index contributed by atoms with van der Waals surface area (Å²) in [7, 11) is -3.92. The number of nitrogens with zero attached hydrogens (tertiary/aromatic N) is 1. The number of halogens is 1. The highest BCUT2D eigenvalue weighted by Crippen LogP contribution is 2.29. The Hall–Kier alpha value is -2.32. The van der Waals surface area contributed by atoms with Crippen LogP contribution in [0.2, 0.25) is 5.02 Å². The molecule has 0 bridgehead atoms. The highest BCUT2D eigenvalue weighted by atomic mass is 35.5. The number of ether oxygens (including phenoxy) is 1. The molecule has 23 heavy (non-hydrogen) atoms. The van der Waals surface area contributed by atoms with E-state index in [9.17, 15) is 18.5 Å². The summed E-state index contributed by atoms with van der Waals surface area (Å²) in [4.78, 5) is 10.1. The minimum Gasteiger partial charge on any atom is -0.494 e. The van der Waals surface area contributed by atoms with E-state index in [1.54, 1.807) is 0 Å². The summed E-state index contributed by atoms with van der Waals surface area (Å²) in [5.41, 5.74) is -0.325. The molecule has 0 atom stereocenters. The first kappa shape index (κ1) is 17.0. The fraction of sp³-hybridized carbons (Fsp3) is 0.143. The third-order valence-corrected chi connectivity index (χ3v) is 4.56. The maximum atomic E-state index is 12.3. The molecule has 0 saturated heterocycles. The summed E-state index contributed by atoms with van der Waals surface area (Å²) in [6.07, 6.45) is 0. The Labute approximate surface area is 138 Å². The van der Waals surface area contributed by atoms with E-state index in [4.69, 9.17) is 16.3 Å². The van der Waals surface area contributed by atoms with Crippen LogP contribution in [0.15, 0.2) is 47.4 Å². The van der Waals surface area contributed by atoms with Gasteiger partial charge in [0.15, 0.2) is 0 Å². The van der Waals surface area contributed by atoms with Gasteiger partial charge in [0, 0.05) is 12.1 Å². The molecule has 2 rings (SSSR count). The summed E-state index contributed by atoms with van der Waals surface area (Å²) in [5, 5.41) is 10.8. The molecule has 0 radical (unpaired) electrons. The van der Waals surface area contributed by atoms with Crippen LogP contribution in [0.25, 0.3) is 0 Å². The molecular weight excluding hydrogens is 344 g/mol. The largest absolute Gasteiger partial charge is 0.494 e.